The first-order valence-corrected chi connectivity index (χ1v) is 9.59. The van der Waals surface area contributed by atoms with Crippen LogP contribution in [0.15, 0.2) is 47.1 Å². The average Bonchev–Trinajstić information content (AvgIpc) is 3.04. The number of allylic oxidation sites excluding steroid dienone is 1. The Morgan fingerprint density at radius 3 is 2.50 bits per heavy atom. The van der Waals surface area contributed by atoms with Crippen LogP contribution in [0.2, 0.25) is 0 Å². The zero-order valence-corrected chi connectivity index (χ0v) is 17.8. The molecule has 1 heterocycles. The minimum atomic E-state index is -0.136. The fourth-order valence-electron chi connectivity index (χ4n) is 3.21. The van der Waals surface area contributed by atoms with Crippen LogP contribution in [0.3, 0.4) is 0 Å². The first-order chi connectivity index (χ1) is 13.3. The summed E-state index contributed by atoms with van der Waals surface area (Å²) < 4.78 is 8.55. The Morgan fingerprint density at radius 1 is 1.14 bits per heavy atom. The fourth-order valence-corrected chi connectivity index (χ4v) is 3.58. The van der Waals surface area contributed by atoms with Gasteiger partial charge in [-0.05, 0) is 63.2 Å². The van der Waals surface area contributed by atoms with Crippen molar-refractivity contribution in [1.82, 2.24) is 4.57 Å². The molecule has 0 atom stereocenters. The predicted molar refractivity (Wildman–Crippen MR) is 116 cm³/mol. The van der Waals surface area contributed by atoms with Crippen molar-refractivity contribution in [1.29, 1.82) is 10.5 Å². The van der Waals surface area contributed by atoms with Crippen molar-refractivity contribution in [2.75, 3.05) is 7.11 Å². The lowest BCUT2D eigenvalue weighted by molar-refractivity contribution is 0.410. The first-order valence-electron chi connectivity index (χ1n) is 8.80. The highest BCUT2D eigenvalue weighted by Crippen LogP contribution is 2.35. The van der Waals surface area contributed by atoms with E-state index in [-0.39, 0.29) is 5.54 Å². The van der Waals surface area contributed by atoms with Gasteiger partial charge in [0.25, 0.3) is 0 Å². The second-order valence-electron chi connectivity index (χ2n) is 7.48. The van der Waals surface area contributed by atoms with E-state index in [9.17, 15) is 10.5 Å². The highest BCUT2D eigenvalue weighted by atomic mass is 79.9. The van der Waals surface area contributed by atoms with Gasteiger partial charge in [0.15, 0.2) is 0 Å². The second-order valence-corrected chi connectivity index (χ2v) is 8.40. The van der Waals surface area contributed by atoms with Gasteiger partial charge in [-0.3, -0.25) is 0 Å². The summed E-state index contributed by atoms with van der Waals surface area (Å²) in [5.41, 5.74) is 3.50. The third-order valence-corrected chi connectivity index (χ3v) is 5.05. The van der Waals surface area contributed by atoms with Crippen molar-refractivity contribution in [3.05, 3.63) is 63.8 Å². The highest BCUT2D eigenvalue weighted by Gasteiger charge is 2.20. The maximum absolute atomic E-state index is 9.93. The number of rotatable bonds is 3. The molecule has 3 aromatic rings. The first kappa shape index (κ1) is 19.7. The summed E-state index contributed by atoms with van der Waals surface area (Å²) in [6, 6.07) is 15.7. The van der Waals surface area contributed by atoms with E-state index in [4.69, 9.17) is 4.74 Å². The van der Waals surface area contributed by atoms with Crippen molar-refractivity contribution in [3.8, 4) is 17.9 Å². The second kappa shape index (κ2) is 7.54. The molecule has 5 heteroatoms. The number of nitriles is 2. The Balaban J connectivity index is 2.29. The predicted octanol–water partition coefficient (Wildman–Crippen LogP) is 6.10. The van der Waals surface area contributed by atoms with Crippen molar-refractivity contribution in [2.45, 2.75) is 26.3 Å². The van der Waals surface area contributed by atoms with E-state index >= 15 is 0 Å². The largest absolute Gasteiger partial charge is 0.496 e. The molecule has 3 rings (SSSR count). The van der Waals surface area contributed by atoms with Crippen molar-refractivity contribution < 1.29 is 4.74 Å². The maximum Gasteiger partial charge on any atom is 0.126 e. The summed E-state index contributed by atoms with van der Waals surface area (Å²) in [7, 11) is 1.58. The van der Waals surface area contributed by atoms with Crippen LogP contribution in [0.1, 0.15) is 37.5 Å². The van der Waals surface area contributed by atoms with E-state index in [0.29, 0.717) is 22.4 Å². The zero-order chi connectivity index (χ0) is 20.5. The fraction of sp³-hybridized carbons (Fsp3) is 0.217. The summed E-state index contributed by atoms with van der Waals surface area (Å²) >= 11 is 3.54. The molecule has 4 nitrogen and oxygen atoms in total. The molecular weight excluding hydrogens is 414 g/mol. The van der Waals surface area contributed by atoms with E-state index in [0.717, 1.165) is 20.9 Å². The van der Waals surface area contributed by atoms with Crippen LogP contribution in [0.5, 0.6) is 5.75 Å². The van der Waals surface area contributed by atoms with E-state index in [2.05, 4.69) is 59.5 Å². The third-order valence-electron chi connectivity index (χ3n) is 4.56. The van der Waals surface area contributed by atoms with Gasteiger partial charge in [0.2, 0.25) is 0 Å². The van der Waals surface area contributed by atoms with Crippen molar-refractivity contribution in [2.24, 2.45) is 0 Å². The Labute approximate surface area is 173 Å². The smallest absolute Gasteiger partial charge is 0.126 e. The molecule has 0 radical (unpaired) electrons. The summed E-state index contributed by atoms with van der Waals surface area (Å²) in [6.07, 6.45) is 3.80. The van der Waals surface area contributed by atoms with Gasteiger partial charge in [0, 0.05) is 38.2 Å². The van der Waals surface area contributed by atoms with E-state index in [1.807, 2.05) is 18.3 Å². The van der Waals surface area contributed by atoms with Gasteiger partial charge in [-0.2, -0.15) is 10.5 Å². The number of fused-ring (bicyclic) bond motifs is 1. The molecule has 140 valence electrons. The number of hydrogen-bond acceptors (Lipinski definition) is 3. The van der Waals surface area contributed by atoms with Crippen molar-refractivity contribution >= 4 is 38.5 Å². The number of hydrogen-bond donors (Lipinski definition) is 0. The van der Waals surface area contributed by atoms with Crippen LogP contribution in [0.25, 0.3) is 22.6 Å². The van der Waals surface area contributed by atoms with E-state index in [1.54, 1.807) is 31.4 Å². The average molecular weight is 434 g/mol. The number of ether oxygens (including phenoxy) is 1. The summed E-state index contributed by atoms with van der Waals surface area (Å²) in [5.74, 6) is 0.618. The molecule has 1 aromatic heterocycles. The SMILES string of the molecule is COc1ccc(C#N)cc1C=C(C#N)c1cn(C(C)(C)C)c2ccc(Br)cc12. The molecular formula is C23H20BrN3O. The quantitative estimate of drug-likeness (QED) is 0.468. The minimum Gasteiger partial charge on any atom is -0.496 e. The minimum absolute atomic E-state index is 0.136. The molecule has 0 bridgehead atoms. The molecule has 0 aliphatic rings. The van der Waals surface area contributed by atoms with Crippen LogP contribution in [-0.2, 0) is 5.54 Å². The van der Waals surface area contributed by atoms with Crippen molar-refractivity contribution in [3.63, 3.8) is 0 Å². The van der Waals surface area contributed by atoms with Gasteiger partial charge in [-0.25, -0.2) is 0 Å². The molecule has 2 aromatic carbocycles. The Bertz CT molecular complexity index is 1170. The van der Waals surface area contributed by atoms with Gasteiger partial charge < -0.3 is 9.30 Å². The monoisotopic (exact) mass is 433 g/mol. The highest BCUT2D eigenvalue weighted by molar-refractivity contribution is 9.10. The number of aromatic nitrogens is 1. The third kappa shape index (κ3) is 3.67. The molecule has 0 amide bonds. The standard InChI is InChI=1S/C23H20BrN3O/c1-23(2,3)27-14-20(19-11-18(24)6-7-21(19)27)17(13-26)10-16-9-15(12-25)5-8-22(16)28-4/h5-11,14H,1-4H3. The summed E-state index contributed by atoms with van der Waals surface area (Å²) in [6.45, 7) is 6.40. The Morgan fingerprint density at radius 2 is 1.89 bits per heavy atom. The van der Waals surface area contributed by atoms with Crippen LogP contribution >= 0.6 is 15.9 Å². The number of methoxy groups -OCH3 is 1. The molecule has 0 saturated heterocycles. The lowest BCUT2D eigenvalue weighted by Crippen LogP contribution is -2.20. The number of nitrogens with zero attached hydrogens (tertiary/aromatic N) is 3. The molecule has 0 spiro atoms. The molecule has 0 saturated carbocycles. The zero-order valence-electron chi connectivity index (χ0n) is 16.2. The number of halogens is 1. The van der Waals surface area contributed by atoms with Crippen LogP contribution in [-0.4, -0.2) is 11.7 Å². The van der Waals surface area contributed by atoms with Gasteiger partial charge in [0.05, 0.1) is 30.4 Å². The van der Waals surface area contributed by atoms with Gasteiger partial charge >= 0.3 is 0 Å². The van der Waals surface area contributed by atoms with Gasteiger partial charge in [-0.1, -0.05) is 15.9 Å². The van der Waals surface area contributed by atoms with Gasteiger partial charge in [-0.15, -0.1) is 0 Å². The topological polar surface area (TPSA) is 61.7 Å². The molecule has 0 aliphatic carbocycles. The molecule has 0 N–H and O–H groups in total. The molecule has 0 unspecified atom stereocenters. The lowest BCUT2D eigenvalue weighted by Gasteiger charge is -2.22. The van der Waals surface area contributed by atoms with E-state index < -0.39 is 0 Å². The van der Waals surface area contributed by atoms with Crippen LogP contribution in [0.4, 0.5) is 0 Å². The summed E-state index contributed by atoms with van der Waals surface area (Å²) in [5, 5.41) is 20.1. The van der Waals surface area contributed by atoms with Crippen LogP contribution < -0.4 is 4.74 Å². The van der Waals surface area contributed by atoms with E-state index in [1.165, 1.54) is 0 Å². The Hall–Kier alpha value is -3.02. The summed E-state index contributed by atoms with van der Waals surface area (Å²) in [4.78, 5) is 0. The molecule has 0 aliphatic heterocycles. The lowest BCUT2D eigenvalue weighted by atomic mass is 10.0. The van der Waals surface area contributed by atoms with Gasteiger partial charge in [0.1, 0.15) is 5.75 Å². The van der Waals surface area contributed by atoms with Crippen LogP contribution in [0, 0.1) is 22.7 Å². The maximum atomic E-state index is 9.93. The Kier molecular flexibility index (Phi) is 5.31. The molecule has 0 fully saturated rings. The normalized spacial score (nSPS) is 11.9. The molecule has 28 heavy (non-hydrogen) atoms. The number of benzene rings is 2.